The summed E-state index contributed by atoms with van der Waals surface area (Å²) in [6, 6.07) is 10.3. The number of piperazine rings is 1. The summed E-state index contributed by atoms with van der Waals surface area (Å²) in [7, 11) is -1.20. The van der Waals surface area contributed by atoms with Gasteiger partial charge in [0.15, 0.2) is 0 Å². The molecule has 178 valence electrons. The van der Waals surface area contributed by atoms with Crippen LogP contribution in [0.1, 0.15) is 29.3 Å². The van der Waals surface area contributed by atoms with Crippen molar-refractivity contribution in [1.29, 1.82) is 0 Å². The summed E-state index contributed by atoms with van der Waals surface area (Å²) in [5.41, 5.74) is 4.24. The van der Waals surface area contributed by atoms with Gasteiger partial charge in [0, 0.05) is 72.7 Å². The Morgan fingerprint density at radius 2 is 2.00 bits per heavy atom. The number of fused-ring (bicyclic) bond motifs is 3. The molecule has 1 N–H and O–H groups in total. The van der Waals surface area contributed by atoms with Gasteiger partial charge in [-0.15, -0.1) is 0 Å². The van der Waals surface area contributed by atoms with Crippen LogP contribution in [0.5, 0.6) is 0 Å². The van der Waals surface area contributed by atoms with Gasteiger partial charge in [0.05, 0.1) is 26.9 Å². The van der Waals surface area contributed by atoms with Crippen molar-refractivity contribution >= 4 is 27.6 Å². The van der Waals surface area contributed by atoms with Crippen molar-refractivity contribution in [3.05, 3.63) is 66.2 Å². The summed E-state index contributed by atoms with van der Waals surface area (Å²) in [5, 5.41) is 4.27. The van der Waals surface area contributed by atoms with E-state index in [1.807, 2.05) is 46.0 Å². The molecule has 2 saturated heterocycles. The lowest BCUT2D eigenvalue weighted by atomic mass is 10.1. The molecule has 2 aliphatic heterocycles. The first-order valence-corrected chi connectivity index (χ1v) is 13.4. The summed E-state index contributed by atoms with van der Waals surface area (Å²) in [6.45, 7) is 3.70. The summed E-state index contributed by atoms with van der Waals surface area (Å²) < 4.78 is 14.3. The van der Waals surface area contributed by atoms with Crippen LogP contribution in [0.2, 0.25) is 0 Å². The highest BCUT2D eigenvalue weighted by atomic mass is 32.2. The summed E-state index contributed by atoms with van der Waals surface area (Å²) >= 11 is 0. The van der Waals surface area contributed by atoms with Crippen LogP contribution in [0, 0.1) is 0 Å². The lowest BCUT2D eigenvalue weighted by Crippen LogP contribution is -2.46. The molecule has 0 spiro atoms. The minimum Gasteiger partial charge on any atom is -0.333 e. The Morgan fingerprint density at radius 1 is 1.17 bits per heavy atom. The van der Waals surface area contributed by atoms with Gasteiger partial charge in [-0.2, -0.15) is 0 Å². The number of hydrogen-bond acceptors (Lipinski definition) is 6. The van der Waals surface area contributed by atoms with E-state index in [9.17, 15) is 9.00 Å². The van der Waals surface area contributed by atoms with E-state index < -0.39 is 10.8 Å². The fourth-order valence-corrected chi connectivity index (χ4v) is 5.86. The molecule has 9 heteroatoms. The Kier molecular flexibility index (Phi) is 5.46. The van der Waals surface area contributed by atoms with Crippen LogP contribution in [-0.2, 0) is 17.2 Å². The van der Waals surface area contributed by atoms with Crippen molar-refractivity contribution in [2.45, 2.75) is 36.7 Å². The maximum Gasteiger partial charge on any atom is 0.254 e. The standard InChI is InChI=1S/C26H26N6O2S/c1-3-16-6-7-27-22(8-16)18-11-29-26(30-12-18)32-15-24(35(2)34)21-5-4-17(9-23(21)32)25(33)31-14-19-10-20(31)13-28-19/h4-9,11-12,15,19-20,28H,3,10,13-14H2,1-2H3/t19-,20-,35?/m0/s1. The molecular weight excluding hydrogens is 460 g/mol. The van der Waals surface area contributed by atoms with Gasteiger partial charge in [0.25, 0.3) is 5.91 Å². The summed E-state index contributed by atoms with van der Waals surface area (Å²) in [6.07, 6.45) is 10.7. The molecule has 0 radical (unpaired) electrons. The van der Waals surface area contributed by atoms with Crippen molar-refractivity contribution in [2.24, 2.45) is 0 Å². The smallest absolute Gasteiger partial charge is 0.254 e. The first-order valence-electron chi connectivity index (χ1n) is 11.8. The lowest BCUT2D eigenvalue weighted by molar-refractivity contribution is 0.0716. The number of benzene rings is 1. The molecule has 3 aromatic heterocycles. The Morgan fingerprint density at radius 3 is 2.69 bits per heavy atom. The van der Waals surface area contributed by atoms with Crippen LogP contribution in [0.3, 0.4) is 0 Å². The lowest BCUT2D eigenvalue weighted by Gasteiger charge is -2.27. The number of pyridine rings is 1. The van der Waals surface area contributed by atoms with Gasteiger partial charge in [-0.25, -0.2) is 9.97 Å². The Bertz CT molecular complexity index is 1460. The number of likely N-dealkylation sites (tertiary alicyclic amines) is 1. The Hall–Kier alpha value is -3.43. The molecular formula is C26H26N6O2S. The zero-order valence-electron chi connectivity index (χ0n) is 19.6. The van der Waals surface area contributed by atoms with Gasteiger partial charge in [-0.1, -0.05) is 13.0 Å². The van der Waals surface area contributed by atoms with E-state index in [0.29, 0.717) is 22.4 Å². The molecule has 5 heterocycles. The molecule has 4 aromatic rings. The molecule has 8 nitrogen and oxygen atoms in total. The van der Waals surface area contributed by atoms with E-state index in [0.717, 1.165) is 48.1 Å². The largest absolute Gasteiger partial charge is 0.333 e. The van der Waals surface area contributed by atoms with Crippen molar-refractivity contribution in [3.8, 4) is 17.2 Å². The van der Waals surface area contributed by atoms with Crippen molar-refractivity contribution in [3.63, 3.8) is 0 Å². The van der Waals surface area contributed by atoms with Crippen molar-refractivity contribution in [2.75, 3.05) is 19.3 Å². The summed E-state index contributed by atoms with van der Waals surface area (Å²) in [4.78, 5) is 29.6. The molecule has 6 rings (SSSR count). The van der Waals surface area contributed by atoms with Crippen LogP contribution in [0.4, 0.5) is 0 Å². The zero-order chi connectivity index (χ0) is 24.1. The first-order chi connectivity index (χ1) is 17.0. The third-order valence-corrected chi connectivity index (χ3v) is 7.97. The Labute approximate surface area is 205 Å². The number of carbonyl (C=O) groups excluding carboxylic acids is 1. The highest BCUT2D eigenvalue weighted by Gasteiger charge is 2.40. The number of carbonyl (C=O) groups is 1. The molecule has 2 bridgehead atoms. The third-order valence-electron chi connectivity index (χ3n) is 7.03. The topological polar surface area (TPSA) is 93.0 Å². The van der Waals surface area contributed by atoms with Crippen molar-refractivity contribution < 1.29 is 9.00 Å². The van der Waals surface area contributed by atoms with Crippen LogP contribution in [-0.4, -0.2) is 66.0 Å². The second-order valence-electron chi connectivity index (χ2n) is 9.18. The maximum absolute atomic E-state index is 13.3. The van der Waals surface area contributed by atoms with Gasteiger partial charge in [0.2, 0.25) is 5.95 Å². The van der Waals surface area contributed by atoms with Crippen LogP contribution in [0.25, 0.3) is 28.1 Å². The molecule has 0 aliphatic carbocycles. The van der Waals surface area contributed by atoms with Crippen LogP contribution < -0.4 is 5.32 Å². The predicted octanol–water partition coefficient (Wildman–Crippen LogP) is 2.97. The second-order valence-corrected chi connectivity index (χ2v) is 10.5. The van der Waals surface area contributed by atoms with Gasteiger partial charge in [-0.05, 0) is 42.7 Å². The fraction of sp³-hybridized carbons (Fsp3) is 0.308. The number of nitrogens with one attached hydrogen (secondary N) is 1. The number of nitrogens with zero attached hydrogens (tertiary/aromatic N) is 5. The van der Waals surface area contributed by atoms with Gasteiger partial charge in [-0.3, -0.25) is 18.6 Å². The normalized spacial score (nSPS) is 20.0. The van der Waals surface area contributed by atoms with Gasteiger partial charge < -0.3 is 10.2 Å². The van der Waals surface area contributed by atoms with Crippen LogP contribution >= 0.6 is 0 Å². The van der Waals surface area contributed by atoms with Gasteiger partial charge in [0.1, 0.15) is 0 Å². The number of amides is 1. The monoisotopic (exact) mass is 486 g/mol. The third kappa shape index (κ3) is 3.84. The zero-order valence-corrected chi connectivity index (χ0v) is 20.5. The minimum absolute atomic E-state index is 0.0333. The molecule has 1 unspecified atom stereocenters. The van der Waals surface area contributed by atoms with Crippen molar-refractivity contribution in [1.82, 2.24) is 29.7 Å². The average Bonchev–Trinajstić information content (AvgIpc) is 3.62. The van der Waals surface area contributed by atoms with E-state index >= 15 is 0 Å². The number of hydrogen-bond donors (Lipinski definition) is 1. The number of rotatable bonds is 5. The average molecular weight is 487 g/mol. The van der Waals surface area contributed by atoms with E-state index in [4.69, 9.17) is 0 Å². The summed E-state index contributed by atoms with van der Waals surface area (Å²) in [5.74, 6) is 0.488. The molecule has 1 aromatic carbocycles. The first kappa shape index (κ1) is 22.1. The minimum atomic E-state index is -1.20. The predicted molar refractivity (Wildman–Crippen MR) is 135 cm³/mol. The molecule has 35 heavy (non-hydrogen) atoms. The van der Waals surface area contributed by atoms with E-state index in [1.165, 1.54) is 5.56 Å². The molecule has 2 aliphatic rings. The quantitative estimate of drug-likeness (QED) is 0.466. The maximum atomic E-state index is 13.3. The fourth-order valence-electron chi connectivity index (χ4n) is 5.13. The molecule has 2 fully saturated rings. The van der Waals surface area contributed by atoms with E-state index in [-0.39, 0.29) is 11.9 Å². The van der Waals surface area contributed by atoms with E-state index in [1.54, 1.807) is 24.8 Å². The Balaban J connectivity index is 1.39. The number of aryl methyl sites for hydroxylation is 1. The highest BCUT2D eigenvalue weighted by Crippen LogP contribution is 2.30. The second kappa shape index (κ2) is 8.66. The molecule has 0 saturated carbocycles. The number of aromatic nitrogens is 4. The molecule has 3 atom stereocenters. The SMILES string of the molecule is CCc1ccnc(-c2cnc(-n3cc(S(C)=O)c4ccc(C(=O)N5C[C@@H]6C[C@H]5CN6)cc43)nc2)c1. The molecule has 1 amide bonds. The van der Waals surface area contributed by atoms with E-state index in [2.05, 4.69) is 27.2 Å². The van der Waals surface area contributed by atoms with Crippen LogP contribution in [0.15, 0.2) is 60.0 Å². The highest BCUT2D eigenvalue weighted by molar-refractivity contribution is 7.84. The van der Waals surface area contributed by atoms with Gasteiger partial charge >= 0.3 is 0 Å².